The second kappa shape index (κ2) is 6.99. The SMILES string of the molecule is CC1(C)[C@H]2CCC(C[Si](C)(C)c3ccc(C#Cc4ccccc4)cc3)[C@@H]1C2. The van der Waals surface area contributed by atoms with Gasteiger partial charge in [0.15, 0.2) is 0 Å². The third-order valence-electron chi connectivity index (χ3n) is 7.57. The molecule has 3 atom stereocenters. The Hall–Kier alpha value is -1.78. The van der Waals surface area contributed by atoms with Gasteiger partial charge in [-0.15, -0.1) is 0 Å². The predicted octanol–water partition coefficient (Wildman–Crippen LogP) is 6.07. The summed E-state index contributed by atoms with van der Waals surface area (Å²) in [5.41, 5.74) is 2.80. The van der Waals surface area contributed by atoms with Crippen LogP contribution in [-0.4, -0.2) is 8.07 Å². The van der Waals surface area contributed by atoms with Crippen molar-refractivity contribution in [2.45, 2.75) is 52.2 Å². The van der Waals surface area contributed by atoms with Crippen LogP contribution in [0.2, 0.25) is 19.1 Å². The lowest BCUT2D eigenvalue weighted by molar-refractivity contribution is -0.0990. The Morgan fingerprint density at radius 1 is 0.889 bits per heavy atom. The van der Waals surface area contributed by atoms with Crippen LogP contribution in [0.1, 0.15) is 44.2 Å². The monoisotopic (exact) mass is 372 g/mol. The summed E-state index contributed by atoms with van der Waals surface area (Å²) in [5, 5.41) is 1.59. The van der Waals surface area contributed by atoms with Gasteiger partial charge < -0.3 is 0 Å². The van der Waals surface area contributed by atoms with Gasteiger partial charge in [-0.3, -0.25) is 0 Å². The molecular formula is C26H32Si. The van der Waals surface area contributed by atoms with Crippen LogP contribution in [0.4, 0.5) is 0 Å². The zero-order valence-electron chi connectivity index (χ0n) is 17.3. The summed E-state index contributed by atoms with van der Waals surface area (Å²) in [4.78, 5) is 0. The van der Waals surface area contributed by atoms with Crippen LogP contribution < -0.4 is 5.19 Å². The lowest BCUT2D eigenvalue weighted by atomic mass is 9.46. The largest absolute Gasteiger partial charge is 0.0809 e. The fourth-order valence-corrected chi connectivity index (χ4v) is 8.76. The first-order valence-electron chi connectivity index (χ1n) is 10.5. The molecule has 0 aromatic heterocycles. The van der Waals surface area contributed by atoms with Crippen molar-refractivity contribution in [1.29, 1.82) is 0 Å². The molecule has 27 heavy (non-hydrogen) atoms. The Morgan fingerprint density at radius 2 is 1.52 bits per heavy atom. The summed E-state index contributed by atoms with van der Waals surface area (Å²) in [6.07, 6.45) is 4.43. The first-order valence-corrected chi connectivity index (χ1v) is 13.7. The fraction of sp³-hybridized carbons (Fsp3) is 0.462. The Bertz CT molecular complexity index is 847. The molecule has 140 valence electrons. The molecule has 2 aromatic rings. The van der Waals surface area contributed by atoms with Crippen LogP contribution in [0.3, 0.4) is 0 Å². The first kappa shape index (κ1) is 18.6. The van der Waals surface area contributed by atoms with Gasteiger partial charge in [0.25, 0.3) is 0 Å². The van der Waals surface area contributed by atoms with Gasteiger partial charge in [-0.1, -0.05) is 86.8 Å². The molecule has 0 spiro atoms. The Kier molecular flexibility index (Phi) is 4.81. The summed E-state index contributed by atoms with van der Waals surface area (Å²) in [7, 11) is -1.40. The van der Waals surface area contributed by atoms with E-state index in [-0.39, 0.29) is 0 Å². The predicted molar refractivity (Wildman–Crippen MR) is 119 cm³/mol. The number of benzene rings is 2. The van der Waals surface area contributed by atoms with E-state index in [2.05, 4.69) is 75.2 Å². The minimum absolute atomic E-state index is 0.601. The molecule has 2 aromatic carbocycles. The van der Waals surface area contributed by atoms with E-state index < -0.39 is 8.07 Å². The Labute approximate surface area is 166 Å². The first-order chi connectivity index (χ1) is 12.9. The van der Waals surface area contributed by atoms with Gasteiger partial charge in [0, 0.05) is 11.1 Å². The minimum atomic E-state index is -1.40. The van der Waals surface area contributed by atoms with E-state index in [1.807, 2.05) is 18.2 Å². The van der Waals surface area contributed by atoms with E-state index in [1.54, 1.807) is 5.19 Å². The third-order valence-corrected chi connectivity index (χ3v) is 11.0. The maximum atomic E-state index is 3.31. The quantitative estimate of drug-likeness (QED) is 0.453. The smallest absolute Gasteiger partial charge is 0.0654 e. The van der Waals surface area contributed by atoms with Gasteiger partial charge >= 0.3 is 0 Å². The van der Waals surface area contributed by atoms with Gasteiger partial charge in [-0.2, -0.15) is 0 Å². The molecule has 5 rings (SSSR count). The van der Waals surface area contributed by atoms with Crippen molar-refractivity contribution < 1.29 is 0 Å². The maximum Gasteiger partial charge on any atom is 0.0809 e. The molecule has 0 radical (unpaired) electrons. The molecule has 0 nitrogen and oxygen atoms in total. The van der Waals surface area contributed by atoms with Crippen molar-refractivity contribution in [2.75, 3.05) is 0 Å². The number of hydrogen-bond acceptors (Lipinski definition) is 0. The van der Waals surface area contributed by atoms with Gasteiger partial charge in [0.2, 0.25) is 0 Å². The summed E-state index contributed by atoms with van der Waals surface area (Å²) >= 11 is 0. The highest BCUT2D eigenvalue weighted by molar-refractivity contribution is 6.89. The van der Waals surface area contributed by atoms with E-state index in [0.717, 1.165) is 28.9 Å². The topological polar surface area (TPSA) is 0 Å². The molecule has 1 unspecified atom stereocenters. The second-order valence-electron chi connectivity index (χ2n) is 9.98. The third kappa shape index (κ3) is 3.65. The van der Waals surface area contributed by atoms with Crippen LogP contribution in [0.25, 0.3) is 0 Å². The lowest BCUT2D eigenvalue weighted by Crippen LogP contribution is -2.55. The minimum Gasteiger partial charge on any atom is -0.0654 e. The molecule has 2 bridgehead atoms. The van der Waals surface area contributed by atoms with Gasteiger partial charge in [0.05, 0.1) is 8.07 Å². The number of fused-ring (bicyclic) bond motifs is 2. The lowest BCUT2D eigenvalue weighted by Gasteiger charge is -2.61. The highest BCUT2D eigenvalue weighted by Gasteiger charge is 2.54. The molecule has 0 heterocycles. The summed E-state index contributed by atoms with van der Waals surface area (Å²) in [5.74, 6) is 9.50. The van der Waals surface area contributed by atoms with Crippen molar-refractivity contribution in [3.05, 3.63) is 65.7 Å². The maximum absolute atomic E-state index is 3.31. The normalized spacial score (nSPS) is 25.9. The standard InChI is InChI=1S/C26H32Si/c1-26(2)23-15-14-22(25(26)18-23)19-27(3,4)24-16-12-21(13-17-24)11-10-20-8-6-5-7-9-20/h5-9,12-13,16-17,22-23,25H,14-15,18-19H2,1-4H3/t22?,23-,25-/m0/s1. The molecule has 3 fully saturated rings. The molecule has 3 saturated carbocycles. The van der Waals surface area contributed by atoms with Crippen LogP contribution in [-0.2, 0) is 0 Å². The Balaban J connectivity index is 1.45. The van der Waals surface area contributed by atoms with Crippen molar-refractivity contribution in [3.8, 4) is 11.8 Å². The molecule has 0 N–H and O–H groups in total. The fourth-order valence-electron chi connectivity index (χ4n) is 5.65. The van der Waals surface area contributed by atoms with Crippen LogP contribution in [0.5, 0.6) is 0 Å². The van der Waals surface area contributed by atoms with Gasteiger partial charge in [0.1, 0.15) is 0 Å². The summed E-state index contributed by atoms with van der Waals surface area (Å²) < 4.78 is 0. The zero-order valence-corrected chi connectivity index (χ0v) is 18.3. The molecule has 3 aliphatic carbocycles. The average molecular weight is 373 g/mol. The zero-order chi connectivity index (χ0) is 19.1. The van der Waals surface area contributed by atoms with Crippen LogP contribution in [0.15, 0.2) is 54.6 Å². The molecule has 0 saturated heterocycles. The van der Waals surface area contributed by atoms with Gasteiger partial charge in [-0.05, 0) is 60.3 Å². The molecule has 1 heteroatoms. The summed E-state index contributed by atoms with van der Waals surface area (Å²) in [6, 6.07) is 20.9. The molecule has 3 aliphatic rings. The molecular weight excluding hydrogens is 340 g/mol. The van der Waals surface area contributed by atoms with Crippen molar-refractivity contribution in [2.24, 2.45) is 23.2 Å². The van der Waals surface area contributed by atoms with Crippen LogP contribution >= 0.6 is 0 Å². The van der Waals surface area contributed by atoms with Crippen molar-refractivity contribution in [3.63, 3.8) is 0 Å². The van der Waals surface area contributed by atoms with E-state index in [4.69, 9.17) is 0 Å². The van der Waals surface area contributed by atoms with E-state index in [1.165, 1.54) is 25.3 Å². The van der Waals surface area contributed by atoms with Gasteiger partial charge in [-0.25, -0.2) is 0 Å². The van der Waals surface area contributed by atoms with Crippen molar-refractivity contribution >= 4 is 13.3 Å². The van der Waals surface area contributed by atoms with E-state index in [9.17, 15) is 0 Å². The Morgan fingerprint density at radius 3 is 2.11 bits per heavy atom. The average Bonchev–Trinajstić information content (AvgIpc) is 2.67. The van der Waals surface area contributed by atoms with E-state index >= 15 is 0 Å². The highest BCUT2D eigenvalue weighted by atomic mass is 28.3. The second-order valence-corrected chi connectivity index (χ2v) is 14.7. The highest BCUT2D eigenvalue weighted by Crippen LogP contribution is 2.62. The van der Waals surface area contributed by atoms with Crippen molar-refractivity contribution in [1.82, 2.24) is 0 Å². The molecule has 0 amide bonds. The number of rotatable bonds is 3. The molecule has 0 aliphatic heterocycles. The summed E-state index contributed by atoms with van der Waals surface area (Å²) in [6.45, 7) is 10.2. The van der Waals surface area contributed by atoms with Crippen LogP contribution in [0, 0.1) is 35.0 Å². The number of hydrogen-bond donors (Lipinski definition) is 0. The van der Waals surface area contributed by atoms with E-state index in [0.29, 0.717) is 5.41 Å².